The van der Waals surface area contributed by atoms with Gasteiger partial charge >= 0.3 is 6.36 Å². The first-order valence-corrected chi connectivity index (χ1v) is 23.9. The number of pyridine rings is 2. The van der Waals surface area contributed by atoms with Crippen molar-refractivity contribution in [2.75, 3.05) is 31.1 Å². The van der Waals surface area contributed by atoms with E-state index < -0.39 is 129 Å². The standard InChI is InChI=1S/C42H42BF9N7O7S2/c1-23(43-33-14-27(53-19-35(33)48)17-55-40(60)38-12-25(45)21-58(38)67(62,63)30-4-2-24(44)3-5-30)32-16-31(6-7-34(32)47)68(64,65)59-22-26(46)13-39(59)41(61)56-18-28-15-37(36(49)20-54-28)57-10-8-29(9-11-57)66-42(50,51)52/h2-7,14-16,19-20,23,25-26,29,38-39H,8-13,17-18,21-22H2,1H3,(H,55,60)(H,56,61). The smallest absolute Gasteiger partial charge is 0.369 e. The number of carbonyl (C=O) groups excluding carboxylic acids is 2. The number of halogens is 9. The van der Waals surface area contributed by atoms with E-state index in [0.29, 0.717) is 8.61 Å². The number of carbonyl (C=O) groups is 2. The molecule has 0 aliphatic carbocycles. The number of alkyl halides is 5. The summed E-state index contributed by atoms with van der Waals surface area (Å²) in [6.07, 6.45) is -8.85. The minimum atomic E-state index is -4.82. The lowest BCUT2D eigenvalue weighted by molar-refractivity contribution is -0.344. The monoisotopic (exact) mass is 1000 g/mol. The van der Waals surface area contributed by atoms with Gasteiger partial charge in [0.25, 0.3) is 0 Å². The number of aromatic nitrogens is 2. The third-order valence-electron chi connectivity index (χ3n) is 11.7. The van der Waals surface area contributed by atoms with Crippen molar-refractivity contribution in [2.45, 2.75) is 98.2 Å². The molecule has 5 unspecified atom stereocenters. The van der Waals surface area contributed by atoms with Crippen LogP contribution >= 0.6 is 0 Å². The molecule has 2 aromatic heterocycles. The number of sulfonamides is 2. The third-order valence-corrected chi connectivity index (χ3v) is 15.5. The maximum Gasteiger partial charge on any atom is 0.522 e. The zero-order chi connectivity index (χ0) is 49.3. The lowest BCUT2D eigenvalue weighted by Gasteiger charge is -2.34. The van der Waals surface area contributed by atoms with Gasteiger partial charge in [-0.2, -0.15) is 8.61 Å². The first-order chi connectivity index (χ1) is 32.0. The van der Waals surface area contributed by atoms with Gasteiger partial charge in [0.2, 0.25) is 31.9 Å². The number of hydrogen-bond acceptors (Lipinski definition) is 10. The number of ether oxygens (including phenoxy) is 1. The van der Waals surface area contributed by atoms with Crippen LogP contribution in [0.3, 0.4) is 0 Å². The predicted octanol–water partition coefficient (Wildman–Crippen LogP) is 4.46. The van der Waals surface area contributed by atoms with E-state index in [1.807, 2.05) is 0 Å². The Labute approximate surface area is 385 Å². The van der Waals surface area contributed by atoms with Crippen LogP contribution in [0.15, 0.2) is 76.8 Å². The fourth-order valence-corrected chi connectivity index (χ4v) is 11.6. The molecule has 4 aromatic rings. The van der Waals surface area contributed by atoms with Crippen molar-refractivity contribution in [2.24, 2.45) is 0 Å². The molecule has 3 aliphatic heterocycles. The molecule has 1 radical (unpaired) electrons. The second kappa shape index (κ2) is 20.3. The summed E-state index contributed by atoms with van der Waals surface area (Å²) in [7, 11) is -7.89. The Balaban J connectivity index is 0.989. The summed E-state index contributed by atoms with van der Waals surface area (Å²) in [5.41, 5.74) is -0.243. The van der Waals surface area contributed by atoms with E-state index in [4.69, 9.17) is 0 Å². The molecule has 5 heterocycles. The Morgan fingerprint density at radius 3 is 1.82 bits per heavy atom. The van der Waals surface area contributed by atoms with Gasteiger partial charge in [-0.3, -0.25) is 24.3 Å². The lowest BCUT2D eigenvalue weighted by Crippen LogP contribution is -2.45. The Morgan fingerprint density at radius 2 is 1.26 bits per heavy atom. The summed E-state index contributed by atoms with van der Waals surface area (Å²) in [5, 5.41) is 4.94. The van der Waals surface area contributed by atoms with Gasteiger partial charge in [0.05, 0.1) is 58.5 Å². The highest BCUT2D eigenvalue weighted by atomic mass is 32.2. The molecule has 2 aromatic carbocycles. The minimum absolute atomic E-state index is 0.00489. The second-order valence-corrected chi connectivity index (χ2v) is 20.2. The zero-order valence-electron chi connectivity index (χ0n) is 35.8. The second-order valence-electron chi connectivity index (χ2n) is 16.4. The van der Waals surface area contributed by atoms with Gasteiger partial charge < -0.3 is 15.5 Å². The van der Waals surface area contributed by atoms with Gasteiger partial charge in [0, 0.05) is 39.0 Å². The fraction of sp³-hybridized carbons (Fsp3) is 0.429. The van der Waals surface area contributed by atoms with Gasteiger partial charge in [0.1, 0.15) is 41.9 Å². The number of hydrogen-bond donors (Lipinski definition) is 2. The number of rotatable bonds is 15. The third kappa shape index (κ3) is 11.6. The quantitative estimate of drug-likeness (QED) is 0.128. The molecule has 0 saturated carbocycles. The lowest BCUT2D eigenvalue weighted by atomic mass is 9.57. The molecule has 5 atom stereocenters. The molecule has 365 valence electrons. The van der Waals surface area contributed by atoms with Gasteiger partial charge in [-0.1, -0.05) is 6.92 Å². The van der Waals surface area contributed by atoms with Gasteiger partial charge in [-0.05, 0) is 84.3 Å². The summed E-state index contributed by atoms with van der Waals surface area (Å²) >= 11 is 0. The number of amides is 2. The van der Waals surface area contributed by atoms with Crippen molar-refractivity contribution >= 4 is 50.3 Å². The summed E-state index contributed by atoms with van der Waals surface area (Å²) in [6.45, 7) is -0.650. The molecular weight excluding hydrogens is 960 g/mol. The van der Waals surface area contributed by atoms with Crippen molar-refractivity contribution in [1.82, 2.24) is 29.2 Å². The van der Waals surface area contributed by atoms with Crippen molar-refractivity contribution in [3.05, 3.63) is 107 Å². The molecule has 3 saturated heterocycles. The fourth-order valence-electron chi connectivity index (χ4n) is 8.32. The molecule has 3 fully saturated rings. The molecule has 14 nitrogen and oxygen atoms in total. The molecule has 2 amide bonds. The average molecular weight is 1000 g/mol. The van der Waals surface area contributed by atoms with E-state index in [1.54, 1.807) is 0 Å². The molecule has 68 heavy (non-hydrogen) atoms. The van der Waals surface area contributed by atoms with Crippen LogP contribution < -0.4 is 21.0 Å². The van der Waals surface area contributed by atoms with E-state index in [0.717, 1.165) is 54.9 Å². The van der Waals surface area contributed by atoms with Crippen LogP contribution in [0.25, 0.3) is 0 Å². The zero-order valence-corrected chi connectivity index (χ0v) is 37.4. The molecule has 2 N–H and O–H groups in total. The highest BCUT2D eigenvalue weighted by molar-refractivity contribution is 7.89. The molecule has 0 bridgehead atoms. The van der Waals surface area contributed by atoms with Crippen LogP contribution in [0, 0.1) is 23.3 Å². The minimum Gasteiger partial charge on any atom is -0.369 e. The van der Waals surface area contributed by atoms with Crippen LogP contribution in [-0.4, -0.2) is 118 Å². The van der Waals surface area contributed by atoms with Crippen LogP contribution in [0.1, 0.15) is 55.4 Å². The van der Waals surface area contributed by atoms with E-state index in [2.05, 4.69) is 25.3 Å². The van der Waals surface area contributed by atoms with Crippen molar-refractivity contribution in [3.63, 3.8) is 0 Å². The maximum atomic E-state index is 15.4. The topological polar surface area (TPSA) is 171 Å². The van der Waals surface area contributed by atoms with Gasteiger partial charge in [0.15, 0.2) is 13.1 Å². The Kier molecular flexibility index (Phi) is 15.1. The average Bonchev–Trinajstić information content (AvgIpc) is 3.89. The Morgan fingerprint density at radius 1 is 0.750 bits per heavy atom. The van der Waals surface area contributed by atoms with Crippen LogP contribution in [0.2, 0.25) is 0 Å². The van der Waals surface area contributed by atoms with Crippen LogP contribution in [0.5, 0.6) is 0 Å². The number of nitrogens with one attached hydrogen (secondary N) is 2. The molecule has 26 heteroatoms. The number of piperidine rings is 1. The Bertz CT molecular complexity index is 2740. The summed E-state index contributed by atoms with van der Waals surface area (Å²) in [6, 6.07) is 5.89. The van der Waals surface area contributed by atoms with Crippen LogP contribution in [0.4, 0.5) is 45.2 Å². The summed E-state index contributed by atoms with van der Waals surface area (Å²) < 4.78 is 186. The Hall–Kier alpha value is -5.31. The maximum absolute atomic E-state index is 15.4. The molecule has 3 aliphatic rings. The molecule has 7 rings (SSSR count). The predicted molar refractivity (Wildman–Crippen MR) is 225 cm³/mol. The highest BCUT2D eigenvalue weighted by Gasteiger charge is 2.46. The molecular formula is C42H42BF9N7O7S2. The van der Waals surface area contributed by atoms with Crippen molar-refractivity contribution < 1.29 is 70.7 Å². The van der Waals surface area contributed by atoms with Crippen LogP contribution in [-0.2, 0) is 47.5 Å². The first kappa shape index (κ1) is 50.6. The van der Waals surface area contributed by atoms with Crippen molar-refractivity contribution in [3.8, 4) is 0 Å². The van der Waals surface area contributed by atoms with E-state index in [9.17, 15) is 57.2 Å². The molecule has 0 spiro atoms. The SMILES string of the molecule is CC([B]c1cc(CNC(=O)C2CC(F)CN2S(=O)(=O)c2ccc(F)cc2)ncc1F)c1cc(S(=O)(=O)N2CC(F)CC2C(=O)NCc2cc(N3CCC(OC(F)(F)F)CC3)c(F)cn2)ccc1F. The van der Waals surface area contributed by atoms with Gasteiger partial charge in [-0.25, -0.2) is 43.2 Å². The number of anilines is 1. The van der Waals surface area contributed by atoms with Gasteiger partial charge in [-0.15, -0.1) is 13.2 Å². The number of benzene rings is 2. The first-order valence-electron chi connectivity index (χ1n) is 21.1. The van der Waals surface area contributed by atoms with E-state index in [1.165, 1.54) is 31.2 Å². The van der Waals surface area contributed by atoms with Crippen molar-refractivity contribution in [1.29, 1.82) is 0 Å². The summed E-state index contributed by atoms with van der Waals surface area (Å²) in [4.78, 5) is 35.1. The normalized spacial score (nSPS) is 21.5. The largest absolute Gasteiger partial charge is 0.522 e. The summed E-state index contributed by atoms with van der Waals surface area (Å²) in [5.74, 6) is -6.15. The number of nitrogens with zero attached hydrogens (tertiary/aromatic N) is 5. The highest BCUT2D eigenvalue weighted by Crippen LogP contribution is 2.33. The van der Waals surface area contributed by atoms with E-state index >= 15 is 8.78 Å². The van der Waals surface area contributed by atoms with E-state index in [-0.39, 0.29) is 72.0 Å².